The van der Waals surface area contributed by atoms with E-state index in [0.29, 0.717) is 9.90 Å². The fraction of sp³-hybridized carbons (Fsp3) is 0. The molecule has 0 unspecified atom stereocenters. The molecular formula is C13H6ClN3S. The lowest BCUT2D eigenvalue weighted by Crippen LogP contribution is -1.82. The van der Waals surface area contributed by atoms with E-state index in [1.165, 1.54) is 11.3 Å². The van der Waals surface area contributed by atoms with Crippen molar-refractivity contribution in [2.75, 3.05) is 0 Å². The highest BCUT2D eigenvalue weighted by molar-refractivity contribution is 7.19. The van der Waals surface area contributed by atoms with Gasteiger partial charge in [-0.1, -0.05) is 23.7 Å². The molecule has 86 valence electrons. The van der Waals surface area contributed by atoms with Crippen molar-refractivity contribution in [3.8, 4) is 17.2 Å². The quantitative estimate of drug-likeness (QED) is 0.675. The van der Waals surface area contributed by atoms with Crippen molar-refractivity contribution in [3.05, 3.63) is 46.6 Å². The van der Waals surface area contributed by atoms with E-state index in [-0.39, 0.29) is 0 Å². The van der Waals surface area contributed by atoms with Crippen molar-refractivity contribution < 1.29 is 0 Å². The maximum absolute atomic E-state index is 9.22. The van der Waals surface area contributed by atoms with Crippen LogP contribution in [-0.2, 0) is 0 Å². The molecule has 0 aliphatic heterocycles. The topological polar surface area (TPSA) is 49.6 Å². The lowest BCUT2D eigenvalue weighted by atomic mass is 10.1. The number of rotatable bonds is 1. The van der Waals surface area contributed by atoms with Gasteiger partial charge < -0.3 is 0 Å². The molecular weight excluding hydrogens is 266 g/mol. The Morgan fingerprint density at radius 1 is 1.22 bits per heavy atom. The Balaban J connectivity index is 2.37. The van der Waals surface area contributed by atoms with E-state index < -0.39 is 0 Å². The second-order valence-electron chi connectivity index (χ2n) is 3.64. The van der Waals surface area contributed by atoms with Gasteiger partial charge in [0.25, 0.3) is 0 Å². The number of aromatic nitrogens is 2. The van der Waals surface area contributed by atoms with Crippen molar-refractivity contribution in [1.29, 1.82) is 5.26 Å². The fourth-order valence-electron chi connectivity index (χ4n) is 1.82. The van der Waals surface area contributed by atoms with Crippen LogP contribution in [0.3, 0.4) is 0 Å². The molecule has 18 heavy (non-hydrogen) atoms. The van der Waals surface area contributed by atoms with E-state index in [0.717, 1.165) is 21.5 Å². The summed E-state index contributed by atoms with van der Waals surface area (Å²) in [4.78, 5) is 9.92. The van der Waals surface area contributed by atoms with Crippen LogP contribution in [0, 0.1) is 11.3 Å². The largest absolute Gasteiger partial charge is 0.251 e. The monoisotopic (exact) mass is 271 g/mol. The van der Waals surface area contributed by atoms with Crippen LogP contribution in [0.2, 0.25) is 5.02 Å². The molecule has 0 aliphatic rings. The average molecular weight is 272 g/mol. The van der Waals surface area contributed by atoms with Gasteiger partial charge in [-0.15, -0.1) is 11.3 Å². The molecule has 0 N–H and O–H groups in total. The molecule has 3 aromatic rings. The first-order valence-corrected chi connectivity index (χ1v) is 6.38. The first-order chi connectivity index (χ1) is 8.79. The van der Waals surface area contributed by atoms with Crippen LogP contribution in [0.1, 0.15) is 4.88 Å². The van der Waals surface area contributed by atoms with Crippen molar-refractivity contribution in [2.45, 2.75) is 0 Å². The minimum atomic E-state index is 0.610. The molecule has 0 saturated carbocycles. The highest BCUT2D eigenvalue weighted by Crippen LogP contribution is 2.36. The smallest absolute Gasteiger partial charge is 0.143 e. The number of thiophene rings is 1. The van der Waals surface area contributed by atoms with Crippen LogP contribution in [0.5, 0.6) is 0 Å². The molecule has 0 amide bonds. The number of halogens is 1. The second kappa shape index (κ2) is 4.37. The Hall–Kier alpha value is -1.96. The third-order valence-electron chi connectivity index (χ3n) is 2.54. The standard InChI is InChI=1S/C13H6ClN3S/c14-9-3-1-2-8(6-9)11-10(7-15)18-13-12(11)16-4-5-17-13/h1-6H. The van der Waals surface area contributed by atoms with Gasteiger partial charge in [0.15, 0.2) is 0 Å². The fourth-order valence-corrected chi connectivity index (χ4v) is 2.93. The maximum Gasteiger partial charge on any atom is 0.143 e. The van der Waals surface area contributed by atoms with E-state index in [4.69, 9.17) is 11.6 Å². The predicted octanol–water partition coefficient (Wildman–Crippen LogP) is 3.88. The van der Waals surface area contributed by atoms with Crippen molar-refractivity contribution in [2.24, 2.45) is 0 Å². The summed E-state index contributed by atoms with van der Waals surface area (Å²) in [5.41, 5.74) is 2.46. The van der Waals surface area contributed by atoms with Gasteiger partial charge in [0.2, 0.25) is 0 Å². The van der Waals surface area contributed by atoms with Crippen molar-refractivity contribution in [1.82, 2.24) is 9.97 Å². The van der Waals surface area contributed by atoms with Crippen LogP contribution in [0.15, 0.2) is 36.7 Å². The Kier molecular flexibility index (Phi) is 2.71. The molecule has 0 radical (unpaired) electrons. The van der Waals surface area contributed by atoms with Gasteiger partial charge in [0, 0.05) is 23.0 Å². The Bertz CT molecular complexity index is 773. The first-order valence-electron chi connectivity index (χ1n) is 5.19. The van der Waals surface area contributed by atoms with Crippen LogP contribution in [0.4, 0.5) is 0 Å². The van der Waals surface area contributed by atoms with Gasteiger partial charge >= 0.3 is 0 Å². The number of fused-ring (bicyclic) bond motifs is 1. The third-order valence-corrected chi connectivity index (χ3v) is 3.77. The SMILES string of the molecule is N#Cc1sc2nccnc2c1-c1cccc(Cl)c1. The highest BCUT2D eigenvalue weighted by Gasteiger charge is 2.15. The van der Waals surface area contributed by atoms with Gasteiger partial charge in [0.05, 0.1) is 0 Å². The molecule has 1 aromatic carbocycles. The van der Waals surface area contributed by atoms with Crippen molar-refractivity contribution >= 4 is 33.3 Å². The highest BCUT2D eigenvalue weighted by atomic mass is 35.5. The van der Waals surface area contributed by atoms with Crippen LogP contribution < -0.4 is 0 Å². The van der Waals surface area contributed by atoms with Gasteiger partial charge in [-0.25, -0.2) is 4.98 Å². The molecule has 0 saturated heterocycles. The Labute approximate surface area is 112 Å². The summed E-state index contributed by atoms with van der Waals surface area (Å²) in [5, 5.41) is 9.86. The predicted molar refractivity (Wildman–Crippen MR) is 72.6 cm³/mol. The summed E-state index contributed by atoms with van der Waals surface area (Å²) in [6.07, 6.45) is 3.26. The van der Waals surface area contributed by atoms with Crippen LogP contribution >= 0.6 is 22.9 Å². The Morgan fingerprint density at radius 3 is 2.83 bits per heavy atom. The zero-order valence-electron chi connectivity index (χ0n) is 9.09. The number of benzene rings is 1. The first kappa shape index (κ1) is 11.1. The van der Waals surface area contributed by atoms with Gasteiger partial charge in [-0.3, -0.25) is 4.98 Å². The van der Waals surface area contributed by atoms with Gasteiger partial charge in [-0.2, -0.15) is 5.26 Å². The molecule has 2 heterocycles. The maximum atomic E-state index is 9.22. The average Bonchev–Trinajstić information content (AvgIpc) is 2.77. The minimum Gasteiger partial charge on any atom is -0.251 e. The molecule has 0 bridgehead atoms. The second-order valence-corrected chi connectivity index (χ2v) is 5.07. The normalized spacial score (nSPS) is 10.4. The zero-order chi connectivity index (χ0) is 12.5. The number of hydrogen-bond acceptors (Lipinski definition) is 4. The van der Waals surface area contributed by atoms with Crippen LogP contribution in [0.25, 0.3) is 21.5 Å². The van der Waals surface area contributed by atoms with E-state index in [1.54, 1.807) is 18.5 Å². The van der Waals surface area contributed by atoms with E-state index in [1.807, 2.05) is 18.2 Å². The van der Waals surface area contributed by atoms with Crippen LogP contribution in [-0.4, -0.2) is 9.97 Å². The summed E-state index contributed by atoms with van der Waals surface area (Å²) in [7, 11) is 0. The summed E-state index contributed by atoms with van der Waals surface area (Å²) >= 11 is 7.34. The number of nitriles is 1. The van der Waals surface area contributed by atoms with Gasteiger partial charge in [0.1, 0.15) is 21.3 Å². The molecule has 2 aromatic heterocycles. The number of nitrogens with zero attached hydrogens (tertiary/aromatic N) is 3. The number of hydrogen-bond donors (Lipinski definition) is 0. The van der Waals surface area contributed by atoms with E-state index in [2.05, 4.69) is 16.0 Å². The lowest BCUT2D eigenvalue weighted by Gasteiger charge is -2.00. The molecule has 0 fully saturated rings. The molecule has 0 aliphatic carbocycles. The molecule has 5 heteroatoms. The Morgan fingerprint density at radius 2 is 2.06 bits per heavy atom. The van der Waals surface area contributed by atoms with E-state index >= 15 is 0 Å². The summed E-state index contributed by atoms with van der Waals surface area (Å²) in [6.45, 7) is 0. The molecule has 3 nitrogen and oxygen atoms in total. The summed E-state index contributed by atoms with van der Waals surface area (Å²) in [6, 6.07) is 9.61. The van der Waals surface area contributed by atoms with E-state index in [9.17, 15) is 5.26 Å². The summed E-state index contributed by atoms with van der Waals surface area (Å²) in [5.74, 6) is 0. The summed E-state index contributed by atoms with van der Waals surface area (Å²) < 4.78 is 0. The minimum absolute atomic E-state index is 0.610. The zero-order valence-corrected chi connectivity index (χ0v) is 10.7. The molecule has 0 spiro atoms. The third kappa shape index (κ3) is 1.74. The molecule has 3 rings (SSSR count). The van der Waals surface area contributed by atoms with Crippen molar-refractivity contribution in [3.63, 3.8) is 0 Å². The lowest BCUT2D eigenvalue weighted by molar-refractivity contribution is 1.32. The van der Waals surface area contributed by atoms with Gasteiger partial charge in [-0.05, 0) is 17.7 Å². The molecule has 0 atom stereocenters.